The van der Waals surface area contributed by atoms with Gasteiger partial charge in [-0.25, -0.2) is 4.98 Å². The van der Waals surface area contributed by atoms with Crippen molar-refractivity contribution in [1.29, 1.82) is 0 Å². The van der Waals surface area contributed by atoms with E-state index in [0.29, 0.717) is 6.04 Å². The number of halogens is 2. The molecule has 0 saturated carbocycles. The van der Waals surface area contributed by atoms with E-state index in [-0.39, 0.29) is 0 Å². The van der Waals surface area contributed by atoms with Crippen LogP contribution in [0.3, 0.4) is 0 Å². The van der Waals surface area contributed by atoms with E-state index in [1.165, 1.54) is 5.56 Å². The van der Waals surface area contributed by atoms with Gasteiger partial charge in [0.1, 0.15) is 10.4 Å². The number of rotatable bonds is 3. The summed E-state index contributed by atoms with van der Waals surface area (Å²) in [5, 5.41) is 0.849. The molecule has 0 aliphatic carbocycles. The molecular weight excluding hydrogens is 348 g/mol. The van der Waals surface area contributed by atoms with Crippen molar-refractivity contribution in [2.24, 2.45) is 0 Å². The Morgan fingerprint density at radius 3 is 3.06 bits per heavy atom. The van der Waals surface area contributed by atoms with Crippen LogP contribution >= 0.6 is 31.9 Å². The van der Waals surface area contributed by atoms with Gasteiger partial charge in [-0.1, -0.05) is 22.9 Å². The molecule has 0 bridgehead atoms. The van der Waals surface area contributed by atoms with Crippen LogP contribution in [0.2, 0.25) is 0 Å². The van der Waals surface area contributed by atoms with Gasteiger partial charge in [0.2, 0.25) is 0 Å². The van der Waals surface area contributed by atoms with Crippen LogP contribution in [0, 0.1) is 0 Å². The first kappa shape index (κ1) is 13.3. The molecule has 0 radical (unpaired) electrons. The minimum Gasteiger partial charge on any atom is -0.377 e. The molecule has 1 aliphatic rings. The number of hydrogen-bond acceptors (Lipinski definition) is 3. The van der Waals surface area contributed by atoms with Crippen molar-refractivity contribution >= 4 is 37.7 Å². The Kier molecular flexibility index (Phi) is 4.82. The van der Waals surface area contributed by atoms with Crippen molar-refractivity contribution < 1.29 is 4.74 Å². The Labute approximate surface area is 119 Å². The van der Waals surface area contributed by atoms with E-state index in [0.717, 1.165) is 41.9 Å². The molecular formula is C12H16Br2N2O. The Bertz CT molecular complexity index is 387. The van der Waals surface area contributed by atoms with E-state index in [4.69, 9.17) is 4.74 Å². The third kappa shape index (κ3) is 3.20. The standard InChI is InChI=1S/C12H16Br2N2O/c1-2-10-8-17-4-3-16(10)12-6-9(7-13)5-11(14)15-12/h5-6,10H,2-4,7-8H2,1H3/t10-/m0/s1. The molecule has 1 aromatic rings. The summed E-state index contributed by atoms with van der Waals surface area (Å²) >= 11 is 6.96. The fourth-order valence-corrected chi connectivity index (χ4v) is 2.85. The van der Waals surface area contributed by atoms with Gasteiger partial charge < -0.3 is 9.64 Å². The molecule has 0 spiro atoms. The second kappa shape index (κ2) is 6.16. The van der Waals surface area contributed by atoms with Crippen LogP contribution in [-0.2, 0) is 10.1 Å². The van der Waals surface area contributed by atoms with Gasteiger partial charge in [0, 0.05) is 11.9 Å². The van der Waals surface area contributed by atoms with Gasteiger partial charge in [-0.15, -0.1) is 0 Å². The lowest BCUT2D eigenvalue weighted by molar-refractivity contribution is 0.0925. The molecule has 1 saturated heterocycles. The normalized spacial score (nSPS) is 20.6. The van der Waals surface area contributed by atoms with Crippen LogP contribution in [-0.4, -0.2) is 30.8 Å². The van der Waals surface area contributed by atoms with Gasteiger partial charge >= 0.3 is 0 Å². The highest BCUT2D eigenvalue weighted by Gasteiger charge is 2.23. The number of morpholine rings is 1. The summed E-state index contributed by atoms with van der Waals surface area (Å²) < 4.78 is 6.42. The number of anilines is 1. The summed E-state index contributed by atoms with van der Waals surface area (Å²) in [5.74, 6) is 1.05. The Balaban J connectivity index is 2.27. The van der Waals surface area contributed by atoms with Crippen LogP contribution in [0.15, 0.2) is 16.7 Å². The van der Waals surface area contributed by atoms with Crippen molar-refractivity contribution in [3.05, 3.63) is 22.3 Å². The summed E-state index contributed by atoms with van der Waals surface area (Å²) in [4.78, 5) is 6.92. The second-order valence-electron chi connectivity index (χ2n) is 4.12. The lowest BCUT2D eigenvalue weighted by atomic mass is 10.1. The van der Waals surface area contributed by atoms with E-state index >= 15 is 0 Å². The summed E-state index contributed by atoms with van der Waals surface area (Å²) in [6.07, 6.45) is 1.08. The maximum atomic E-state index is 5.52. The maximum Gasteiger partial charge on any atom is 0.130 e. The van der Waals surface area contributed by atoms with E-state index in [9.17, 15) is 0 Å². The van der Waals surface area contributed by atoms with Crippen LogP contribution in [0.1, 0.15) is 18.9 Å². The molecule has 5 heteroatoms. The van der Waals surface area contributed by atoms with Crippen molar-refractivity contribution in [1.82, 2.24) is 4.98 Å². The average molecular weight is 364 g/mol. The van der Waals surface area contributed by atoms with E-state index in [1.807, 2.05) is 6.07 Å². The Hall–Kier alpha value is -0.130. The topological polar surface area (TPSA) is 25.4 Å². The molecule has 0 aromatic carbocycles. The maximum absolute atomic E-state index is 5.52. The summed E-state index contributed by atoms with van der Waals surface area (Å²) in [5.41, 5.74) is 1.24. The molecule has 1 aliphatic heterocycles. The molecule has 2 rings (SSSR count). The predicted molar refractivity (Wildman–Crippen MR) is 76.8 cm³/mol. The Morgan fingerprint density at radius 2 is 2.35 bits per heavy atom. The van der Waals surface area contributed by atoms with Crippen molar-refractivity contribution in [2.45, 2.75) is 24.7 Å². The first-order valence-electron chi connectivity index (χ1n) is 5.81. The largest absolute Gasteiger partial charge is 0.377 e. The predicted octanol–water partition coefficient (Wildman–Crippen LogP) is 3.35. The zero-order valence-corrected chi connectivity index (χ0v) is 13.0. The van der Waals surface area contributed by atoms with Crippen LogP contribution in [0.5, 0.6) is 0 Å². The number of aromatic nitrogens is 1. The second-order valence-corrected chi connectivity index (χ2v) is 5.49. The highest BCUT2D eigenvalue weighted by atomic mass is 79.9. The van der Waals surface area contributed by atoms with E-state index in [1.54, 1.807) is 0 Å². The monoisotopic (exact) mass is 362 g/mol. The molecule has 0 amide bonds. The molecule has 0 N–H and O–H groups in total. The third-order valence-electron chi connectivity index (χ3n) is 2.99. The first-order valence-corrected chi connectivity index (χ1v) is 7.73. The van der Waals surface area contributed by atoms with E-state index < -0.39 is 0 Å². The minimum atomic E-state index is 0.439. The van der Waals surface area contributed by atoms with Crippen LogP contribution in [0.4, 0.5) is 5.82 Å². The number of alkyl halides is 1. The number of pyridine rings is 1. The lowest BCUT2D eigenvalue weighted by Crippen LogP contribution is -2.45. The first-order chi connectivity index (χ1) is 8.24. The highest BCUT2D eigenvalue weighted by molar-refractivity contribution is 9.10. The fourth-order valence-electron chi connectivity index (χ4n) is 2.05. The van der Waals surface area contributed by atoms with Gasteiger partial charge in [0.05, 0.1) is 19.3 Å². The molecule has 2 heterocycles. The van der Waals surface area contributed by atoms with Gasteiger partial charge in [-0.05, 0) is 40.0 Å². The van der Waals surface area contributed by atoms with Gasteiger partial charge in [-0.3, -0.25) is 0 Å². The quantitative estimate of drug-likeness (QED) is 0.608. The molecule has 17 heavy (non-hydrogen) atoms. The zero-order valence-electron chi connectivity index (χ0n) is 9.83. The lowest BCUT2D eigenvalue weighted by Gasteiger charge is -2.36. The smallest absolute Gasteiger partial charge is 0.130 e. The van der Waals surface area contributed by atoms with Gasteiger partial charge in [-0.2, -0.15) is 0 Å². The summed E-state index contributed by atoms with van der Waals surface area (Å²) in [7, 11) is 0. The molecule has 0 unspecified atom stereocenters. The summed E-state index contributed by atoms with van der Waals surface area (Å²) in [6, 6.07) is 4.63. The Morgan fingerprint density at radius 1 is 1.53 bits per heavy atom. The number of hydrogen-bond donors (Lipinski definition) is 0. The average Bonchev–Trinajstić information content (AvgIpc) is 2.37. The minimum absolute atomic E-state index is 0.439. The summed E-state index contributed by atoms with van der Waals surface area (Å²) in [6.45, 7) is 4.70. The molecule has 3 nitrogen and oxygen atoms in total. The fraction of sp³-hybridized carbons (Fsp3) is 0.583. The molecule has 1 fully saturated rings. The van der Waals surface area contributed by atoms with Gasteiger partial charge in [0.25, 0.3) is 0 Å². The molecule has 94 valence electrons. The van der Waals surface area contributed by atoms with Gasteiger partial charge in [0.15, 0.2) is 0 Å². The molecule has 1 atom stereocenters. The van der Waals surface area contributed by atoms with Crippen LogP contribution in [0.25, 0.3) is 0 Å². The van der Waals surface area contributed by atoms with Crippen molar-refractivity contribution in [3.63, 3.8) is 0 Å². The van der Waals surface area contributed by atoms with Crippen LogP contribution < -0.4 is 4.90 Å². The number of ether oxygens (including phenoxy) is 1. The SMILES string of the molecule is CC[C@H]1COCCN1c1cc(CBr)cc(Br)n1. The number of nitrogens with zero attached hydrogens (tertiary/aromatic N) is 2. The molecule has 1 aromatic heterocycles. The van der Waals surface area contributed by atoms with E-state index in [2.05, 4.69) is 54.7 Å². The van der Waals surface area contributed by atoms with Crippen molar-refractivity contribution in [2.75, 3.05) is 24.7 Å². The zero-order chi connectivity index (χ0) is 12.3. The van der Waals surface area contributed by atoms with Crippen molar-refractivity contribution in [3.8, 4) is 0 Å². The third-order valence-corrected chi connectivity index (χ3v) is 4.04. The highest BCUT2D eigenvalue weighted by Crippen LogP contribution is 2.24.